The Bertz CT molecular complexity index is 640. The van der Waals surface area contributed by atoms with Crippen LogP contribution in [0.1, 0.15) is 26.7 Å². The van der Waals surface area contributed by atoms with E-state index in [9.17, 15) is 8.42 Å². The van der Waals surface area contributed by atoms with Gasteiger partial charge in [0.25, 0.3) is 0 Å². The van der Waals surface area contributed by atoms with Crippen molar-refractivity contribution in [3.63, 3.8) is 0 Å². The summed E-state index contributed by atoms with van der Waals surface area (Å²) in [4.78, 5) is 0. The standard InChI is InChI=1S/C10H15NOS.C9H13NOS/c1-3-9-13(12)11(2)10-7-5-4-6-8-10;1-2-12(11)10-9-7-5-3-4-6-8-9/h4-8H,3,9H2,1-2H3;3-5,7-8,10H,2,6H2,1H3. The summed E-state index contributed by atoms with van der Waals surface area (Å²) < 4.78 is 27.4. The number of hydrogen-bond donors (Lipinski definition) is 1. The Morgan fingerprint density at radius 1 is 1.12 bits per heavy atom. The van der Waals surface area contributed by atoms with Crippen LogP contribution in [0.5, 0.6) is 0 Å². The van der Waals surface area contributed by atoms with E-state index in [-0.39, 0.29) is 0 Å². The summed E-state index contributed by atoms with van der Waals surface area (Å²) in [6.45, 7) is 3.93. The second-order valence-corrected chi connectivity index (χ2v) is 8.35. The molecule has 1 aromatic rings. The van der Waals surface area contributed by atoms with Gasteiger partial charge in [0.2, 0.25) is 0 Å². The van der Waals surface area contributed by atoms with E-state index in [2.05, 4.69) is 10.8 Å². The summed E-state index contributed by atoms with van der Waals surface area (Å²) in [6.07, 6.45) is 11.8. The average Bonchev–Trinajstić information content (AvgIpc) is 2.91. The van der Waals surface area contributed by atoms with Gasteiger partial charge in [0, 0.05) is 29.9 Å². The fourth-order valence-corrected chi connectivity index (χ4v) is 3.46. The molecule has 1 aliphatic rings. The topological polar surface area (TPSA) is 49.4 Å². The monoisotopic (exact) mass is 380 g/mol. The van der Waals surface area contributed by atoms with Crippen LogP contribution >= 0.6 is 0 Å². The minimum atomic E-state index is -0.930. The van der Waals surface area contributed by atoms with Crippen molar-refractivity contribution >= 4 is 27.7 Å². The molecule has 0 fully saturated rings. The molecule has 0 radical (unpaired) electrons. The van der Waals surface area contributed by atoms with Crippen LogP contribution in [0.2, 0.25) is 0 Å². The van der Waals surface area contributed by atoms with Crippen molar-refractivity contribution in [3.8, 4) is 0 Å². The first-order valence-corrected chi connectivity index (χ1v) is 11.0. The van der Waals surface area contributed by atoms with Crippen LogP contribution in [0.4, 0.5) is 5.69 Å². The molecule has 25 heavy (non-hydrogen) atoms. The number of para-hydroxylation sites is 1. The maximum Gasteiger partial charge on any atom is 0.119 e. The van der Waals surface area contributed by atoms with Crippen LogP contribution in [-0.2, 0) is 22.0 Å². The number of allylic oxidation sites excluding steroid dienone is 5. The van der Waals surface area contributed by atoms with Crippen molar-refractivity contribution in [2.75, 3.05) is 22.9 Å². The summed E-state index contributed by atoms with van der Waals surface area (Å²) >= 11 is 0. The highest BCUT2D eigenvalue weighted by Crippen LogP contribution is 2.13. The van der Waals surface area contributed by atoms with E-state index in [0.29, 0.717) is 5.75 Å². The van der Waals surface area contributed by atoms with E-state index in [1.807, 2.05) is 79.8 Å². The van der Waals surface area contributed by atoms with Crippen LogP contribution in [0.15, 0.2) is 66.4 Å². The number of benzene rings is 1. The second kappa shape index (κ2) is 12.7. The molecule has 0 amide bonds. The third kappa shape index (κ3) is 8.84. The lowest BCUT2D eigenvalue weighted by molar-refractivity contribution is 0.679. The largest absolute Gasteiger partial charge is 0.306 e. The van der Waals surface area contributed by atoms with Crippen molar-refractivity contribution in [3.05, 3.63) is 66.4 Å². The molecule has 1 N–H and O–H groups in total. The Morgan fingerprint density at radius 2 is 1.84 bits per heavy atom. The number of rotatable bonds is 7. The highest BCUT2D eigenvalue weighted by atomic mass is 32.2. The van der Waals surface area contributed by atoms with Gasteiger partial charge >= 0.3 is 0 Å². The molecule has 138 valence electrons. The van der Waals surface area contributed by atoms with Gasteiger partial charge in [0.15, 0.2) is 0 Å². The fourth-order valence-electron chi connectivity index (χ4n) is 1.93. The third-order valence-electron chi connectivity index (χ3n) is 3.29. The van der Waals surface area contributed by atoms with E-state index >= 15 is 0 Å². The molecule has 2 unspecified atom stereocenters. The van der Waals surface area contributed by atoms with Crippen molar-refractivity contribution in [2.45, 2.75) is 26.7 Å². The maximum atomic E-state index is 11.6. The van der Waals surface area contributed by atoms with Gasteiger partial charge in [-0.3, -0.25) is 4.31 Å². The Hall–Kier alpha value is -1.66. The predicted molar refractivity (Wildman–Crippen MR) is 111 cm³/mol. The number of hydrogen-bond acceptors (Lipinski definition) is 2. The summed E-state index contributed by atoms with van der Waals surface area (Å²) in [5.74, 6) is 1.37. The smallest absolute Gasteiger partial charge is 0.119 e. The minimum Gasteiger partial charge on any atom is -0.306 e. The Morgan fingerprint density at radius 3 is 2.48 bits per heavy atom. The third-order valence-corrected chi connectivity index (χ3v) is 5.86. The lowest BCUT2D eigenvalue weighted by Gasteiger charge is -2.17. The summed E-state index contributed by atoms with van der Waals surface area (Å²) in [5.41, 5.74) is 1.95. The zero-order valence-electron chi connectivity index (χ0n) is 15.2. The normalized spacial score (nSPS) is 15.2. The number of anilines is 1. The minimum absolute atomic E-state index is 0.638. The summed E-state index contributed by atoms with van der Waals surface area (Å²) in [7, 11) is 0.0502. The molecule has 2 rings (SSSR count). The average molecular weight is 381 g/mol. The summed E-state index contributed by atoms with van der Waals surface area (Å²) in [5, 5.41) is 0. The van der Waals surface area contributed by atoms with E-state index in [4.69, 9.17) is 0 Å². The Labute approximate surface area is 156 Å². The molecule has 0 spiro atoms. The van der Waals surface area contributed by atoms with Gasteiger partial charge in [-0.15, -0.1) is 0 Å². The lowest BCUT2D eigenvalue weighted by Crippen LogP contribution is -2.22. The van der Waals surface area contributed by atoms with Crippen LogP contribution in [-0.4, -0.2) is 27.0 Å². The second-order valence-electron chi connectivity index (χ2n) is 5.28. The molecule has 2 atom stereocenters. The zero-order chi connectivity index (χ0) is 18.5. The summed E-state index contributed by atoms with van der Waals surface area (Å²) in [6, 6.07) is 9.80. The van der Waals surface area contributed by atoms with Crippen LogP contribution in [0.3, 0.4) is 0 Å². The molecular weight excluding hydrogens is 352 g/mol. The molecule has 4 nitrogen and oxygen atoms in total. The van der Waals surface area contributed by atoms with Crippen molar-refractivity contribution in [1.82, 2.24) is 4.72 Å². The Balaban J connectivity index is 0.000000251. The first kappa shape index (κ1) is 21.4. The van der Waals surface area contributed by atoms with E-state index < -0.39 is 22.0 Å². The van der Waals surface area contributed by atoms with Crippen molar-refractivity contribution in [1.29, 1.82) is 0 Å². The van der Waals surface area contributed by atoms with Gasteiger partial charge < -0.3 is 4.72 Å². The van der Waals surface area contributed by atoms with Gasteiger partial charge in [0.05, 0.1) is 0 Å². The molecule has 1 aliphatic carbocycles. The first-order chi connectivity index (χ1) is 12.1. The van der Waals surface area contributed by atoms with Crippen molar-refractivity contribution in [2.24, 2.45) is 0 Å². The van der Waals surface area contributed by atoms with Crippen molar-refractivity contribution < 1.29 is 8.42 Å². The molecule has 0 saturated carbocycles. The fraction of sp³-hybridized carbons (Fsp3) is 0.368. The van der Waals surface area contributed by atoms with E-state index in [0.717, 1.165) is 30.0 Å². The van der Waals surface area contributed by atoms with Crippen LogP contribution in [0, 0.1) is 0 Å². The molecule has 0 aliphatic heterocycles. The first-order valence-electron chi connectivity index (χ1n) is 8.44. The molecule has 0 bridgehead atoms. The lowest BCUT2D eigenvalue weighted by atomic mass is 10.3. The Kier molecular flexibility index (Phi) is 10.8. The quantitative estimate of drug-likeness (QED) is 0.781. The molecule has 0 heterocycles. The zero-order valence-corrected chi connectivity index (χ0v) is 16.8. The van der Waals surface area contributed by atoms with Gasteiger partial charge in [-0.05, 0) is 31.1 Å². The van der Waals surface area contributed by atoms with Gasteiger partial charge in [-0.25, -0.2) is 8.42 Å². The van der Waals surface area contributed by atoms with E-state index in [1.54, 1.807) is 0 Å². The molecule has 1 aromatic carbocycles. The number of nitrogens with zero attached hydrogens (tertiary/aromatic N) is 1. The van der Waals surface area contributed by atoms with Gasteiger partial charge in [-0.1, -0.05) is 56.4 Å². The molecule has 0 aromatic heterocycles. The SMILES string of the molecule is CCCS(=O)N(C)c1ccccc1.CCS(=O)NC1=CCC=CC=C1. The van der Waals surface area contributed by atoms with Crippen LogP contribution in [0.25, 0.3) is 0 Å². The van der Waals surface area contributed by atoms with Crippen LogP contribution < -0.4 is 9.03 Å². The van der Waals surface area contributed by atoms with Gasteiger partial charge in [-0.2, -0.15) is 0 Å². The maximum absolute atomic E-state index is 11.6. The molecule has 0 saturated heterocycles. The predicted octanol–water partition coefficient (Wildman–Crippen LogP) is 3.86. The number of nitrogens with one attached hydrogen (secondary N) is 1. The highest BCUT2D eigenvalue weighted by molar-refractivity contribution is 7.86. The molecule has 6 heteroatoms. The van der Waals surface area contributed by atoms with Gasteiger partial charge in [0.1, 0.15) is 22.0 Å². The highest BCUT2D eigenvalue weighted by Gasteiger charge is 2.06. The van der Waals surface area contributed by atoms with E-state index in [1.165, 1.54) is 0 Å². The molecular formula is C19H28N2O2S2.